The summed E-state index contributed by atoms with van der Waals surface area (Å²) in [6, 6.07) is 84.3. The zero-order chi connectivity index (χ0) is 40.3. The van der Waals surface area contributed by atoms with E-state index < -0.39 is 0 Å². The van der Waals surface area contributed by atoms with Gasteiger partial charge < -0.3 is 9.47 Å². The van der Waals surface area contributed by atoms with Gasteiger partial charge in [-0.05, 0) is 106 Å². The van der Waals surface area contributed by atoms with Crippen LogP contribution < -0.4 is 4.90 Å². The average molecular weight is 795 g/mol. The van der Waals surface area contributed by atoms with Crippen molar-refractivity contribution in [1.82, 2.24) is 4.57 Å². The highest BCUT2D eigenvalue weighted by atomic mass is 32.1. The van der Waals surface area contributed by atoms with Crippen molar-refractivity contribution < 1.29 is 0 Å². The molecule has 12 rings (SSSR count). The fraction of sp³-hybridized carbons (Fsp3) is 0. The van der Waals surface area contributed by atoms with E-state index >= 15 is 0 Å². The number of thiophene rings is 1. The van der Waals surface area contributed by atoms with Gasteiger partial charge >= 0.3 is 0 Å². The van der Waals surface area contributed by atoms with Crippen molar-refractivity contribution in [1.29, 1.82) is 0 Å². The SMILES string of the molecule is c1ccc(N(c2ccc(-c3ccc4ccccc4c3)cc2)c2ccc(-c3ccccc3-n3c4ccccc4c4ccccc43)cc2-c2ccc3c(c2)sc2ccccc23)cc1. The second-order valence-corrected chi connectivity index (χ2v) is 16.8. The highest BCUT2D eigenvalue weighted by Gasteiger charge is 2.21. The first-order valence-electron chi connectivity index (χ1n) is 20.8. The van der Waals surface area contributed by atoms with Gasteiger partial charge in [0.05, 0.1) is 22.4 Å². The third-order valence-electron chi connectivity index (χ3n) is 12.2. The van der Waals surface area contributed by atoms with E-state index in [2.05, 4.69) is 240 Å². The second kappa shape index (κ2) is 14.5. The molecule has 0 amide bonds. The molecule has 2 heterocycles. The standard InChI is InChI=1S/C58H38N2S/c1-2-16-45(17-3-1)59(46-32-28-40(29-33-46)42-27-26-39-14-4-5-15-41(39)36-42)56-35-31-43(37-52(56)44-30-34-51-50-21-9-13-25-57(50)61-58(51)38-44)47-18-6-10-22-53(47)60-54-23-11-7-19-48(54)49-20-8-12-24-55(49)60/h1-38H. The zero-order valence-electron chi connectivity index (χ0n) is 33.2. The largest absolute Gasteiger partial charge is 0.310 e. The molecule has 0 aliphatic heterocycles. The van der Waals surface area contributed by atoms with Gasteiger partial charge in [-0.15, -0.1) is 11.3 Å². The van der Waals surface area contributed by atoms with Gasteiger partial charge in [0.25, 0.3) is 0 Å². The van der Waals surface area contributed by atoms with E-state index in [0.717, 1.165) is 33.9 Å². The van der Waals surface area contributed by atoms with Crippen LogP contribution in [-0.2, 0) is 0 Å². The maximum atomic E-state index is 2.43. The first-order valence-corrected chi connectivity index (χ1v) is 21.6. The third-order valence-corrected chi connectivity index (χ3v) is 13.3. The molecule has 2 nitrogen and oxygen atoms in total. The highest BCUT2D eigenvalue weighted by molar-refractivity contribution is 7.25. The summed E-state index contributed by atoms with van der Waals surface area (Å²) >= 11 is 1.86. The Morgan fingerprint density at radius 2 is 0.902 bits per heavy atom. The Morgan fingerprint density at radius 3 is 1.70 bits per heavy atom. The molecular weight excluding hydrogens is 757 g/mol. The van der Waals surface area contributed by atoms with Gasteiger partial charge in [0.2, 0.25) is 0 Å². The van der Waals surface area contributed by atoms with Crippen molar-refractivity contribution in [3.63, 3.8) is 0 Å². The van der Waals surface area contributed by atoms with Crippen LogP contribution in [0.2, 0.25) is 0 Å². The number of nitrogens with zero attached hydrogens (tertiary/aromatic N) is 2. The van der Waals surface area contributed by atoms with Gasteiger partial charge in [-0.1, -0.05) is 158 Å². The smallest absolute Gasteiger partial charge is 0.0541 e. The summed E-state index contributed by atoms with van der Waals surface area (Å²) < 4.78 is 5.03. The Kier molecular flexibility index (Phi) is 8.39. The number of anilines is 3. The number of hydrogen-bond donors (Lipinski definition) is 0. The van der Waals surface area contributed by atoms with Crippen LogP contribution in [0.1, 0.15) is 0 Å². The van der Waals surface area contributed by atoms with Crippen molar-refractivity contribution in [3.8, 4) is 39.1 Å². The molecule has 286 valence electrons. The summed E-state index contributed by atoms with van der Waals surface area (Å²) in [5.41, 5.74) is 13.9. The van der Waals surface area contributed by atoms with Crippen molar-refractivity contribution in [2.75, 3.05) is 4.90 Å². The first-order chi connectivity index (χ1) is 30.2. The van der Waals surface area contributed by atoms with Gasteiger partial charge in [-0.2, -0.15) is 0 Å². The first kappa shape index (κ1) is 35.2. The Morgan fingerprint density at radius 1 is 0.328 bits per heavy atom. The molecule has 0 saturated carbocycles. The minimum Gasteiger partial charge on any atom is -0.310 e. The molecule has 0 aliphatic rings. The van der Waals surface area contributed by atoms with Gasteiger partial charge in [0.15, 0.2) is 0 Å². The molecule has 12 aromatic rings. The molecule has 0 aliphatic carbocycles. The minimum atomic E-state index is 1.10. The predicted molar refractivity (Wildman–Crippen MR) is 262 cm³/mol. The normalized spacial score (nSPS) is 11.6. The summed E-state index contributed by atoms with van der Waals surface area (Å²) in [4.78, 5) is 2.41. The quantitative estimate of drug-likeness (QED) is 0.156. The Labute approximate surface area is 358 Å². The third kappa shape index (κ3) is 6.01. The predicted octanol–water partition coefficient (Wildman–Crippen LogP) is 16.8. The average Bonchev–Trinajstić information content (AvgIpc) is 3.87. The topological polar surface area (TPSA) is 8.17 Å². The molecule has 0 radical (unpaired) electrons. The van der Waals surface area contributed by atoms with E-state index in [1.165, 1.54) is 75.0 Å². The van der Waals surface area contributed by atoms with Crippen LogP contribution in [-0.4, -0.2) is 4.57 Å². The molecule has 10 aromatic carbocycles. The van der Waals surface area contributed by atoms with Crippen LogP contribution in [0.15, 0.2) is 231 Å². The van der Waals surface area contributed by atoms with E-state index in [1.807, 2.05) is 11.3 Å². The summed E-state index contributed by atoms with van der Waals surface area (Å²) in [7, 11) is 0. The summed E-state index contributed by atoms with van der Waals surface area (Å²) in [5.74, 6) is 0. The Balaban J connectivity index is 1.06. The lowest BCUT2D eigenvalue weighted by molar-refractivity contribution is 1.18. The molecule has 2 aromatic heterocycles. The summed E-state index contributed by atoms with van der Waals surface area (Å²) in [6.45, 7) is 0. The lowest BCUT2D eigenvalue weighted by Gasteiger charge is -2.29. The maximum Gasteiger partial charge on any atom is 0.0541 e. The molecule has 61 heavy (non-hydrogen) atoms. The van der Waals surface area contributed by atoms with Crippen molar-refractivity contribution in [3.05, 3.63) is 231 Å². The van der Waals surface area contributed by atoms with Crippen molar-refractivity contribution in [2.45, 2.75) is 0 Å². The van der Waals surface area contributed by atoms with Crippen molar-refractivity contribution >= 4 is 81.1 Å². The Bertz CT molecular complexity index is 3540. The van der Waals surface area contributed by atoms with E-state index in [-0.39, 0.29) is 0 Å². The molecule has 0 unspecified atom stereocenters. The molecule has 0 saturated heterocycles. The van der Waals surface area contributed by atoms with Crippen molar-refractivity contribution in [2.24, 2.45) is 0 Å². The highest BCUT2D eigenvalue weighted by Crippen LogP contribution is 2.46. The van der Waals surface area contributed by atoms with E-state index in [1.54, 1.807) is 0 Å². The molecule has 3 heteroatoms. The van der Waals surface area contributed by atoms with Gasteiger partial charge in [-0.25, -0.2) is 0 Å². The van der Waals surface area contributed by atoms with Gasteiger partial charge in [0.1, 0.15) is 0 Å². The van der Waals surface area contributed by atoms with Crippen LogP contribution in [0.5, 0.6) is 0 Å². The second-order valence-electron chi connectivity index (χ2n) is 15.7. The van der Waals surface area contributed by atoms with Crippen LogP contribution in [0.3, 0.4) is 0 Å². The number of rotatable bonds is 7. The lowest BCUT2D eigenvalue weighted by atomic mass is 9.94. The van der Waals surface area contributed by atoms with E-state index in [0.29, 0.717) is 0 Å². The van der Waals surface area contributed by atoms with Crippen LogP contribution in [0.25, 0.3) is 91.8 Å². The molecule has 0 atom stereocenters. The van der Waals surface area contributed by atoms with E-state index in [9.17, 15) is 0 Å². The summed E-state index contributed by atoms with van der Waals surface area (Å²) in [5, 5.41) is 7.61. The molecule has 0 N–H and O–H groups in total. The van der Waals surface area contributed by atoms with Crippen LogP contribution in [0, 0.1) is 0 Å². The van der Waals surface area contributed by atoms with E-state index in [4.69, 9.17) is 0 Å². The fourth-order valence-electron chi connectivity index (χ4n) is 9.29. The molecular formula is C58H38N2S. The summed E-state index contributed by atoms with van der Waals surface area (Å²) in [6.07, 6.45) is 0. The number of aromatic nitrogens is 1. The Hall–Kier alpha value is -7.72. The van der Waals surface area contributed by atoms with Gasteiger partial charge in [-0.3, -0.25) is 0 Å². The number of fused-ring (bicyclic) bond motifs is 7. The maximum absolute atomic E-state index is 2.43. The van der Waals surface area contributed by atoms with Crippen LogP contribution in [0.4, 0.5) is 17.1 Å². The number of hydrogen-bond acceptors (Lipinski definition) is 2. The lowest BCUT2D eigenvalue weighted by Crippen LogP contribution is -2.11. The number of para-hydroxylation sites is 4. The van der Waals surface area contributed by atoms with Gasteiger partial charge in [0, 0.05) is 53.4 Å². The zero-order valence-corrected chi connectivity index (χ0v) is 34.1. The molecule has 0 bridgehead atoms. The monoisotopic (exact) mass is 794 g/mol. The number of benzene rings is 10. The van der Waals surface area contributed by atoms with Crippen LogP contribution >= 0.6 is 11.3 Å². The molecule has 0 fully saturated rings. The molecule has 0 spiro atoms. The fourth-order valence-corrected chi connectivity index (χ4v) is 10.4. The minimum absolute atomic E-state index is 1.10.